The number of benzene rings is 1. The van der Waals surface area contributed by atoms with Crippen molar-refractivity contribution in [2.45, 2.75) is 6.92 Å². The Morgan fingerprint density at radius 1 is 1.29 bits per heavy atom. The van der Waals surface area contributed by atoms with Crippen molar-refractivity contribution < 1.29 is 0 Å². The van der Waals surface area contributed by atoms with E-state index in [0.29, 0.717) is 0 Å². The topological polar surface area (TPSA) is 28.7 Å². The molecule has 0 aliphatic rings. The molecule has 0 bridgehead atoms. The molecular formula is C10H8BrClN2. The molecule has 0 saturated carbocycles. The fourth-order valence-corrected chi connectivity index (χ4v) is 1.67. The van der Waals surface area contributed by atoms with Gasteiger partial charge in [-0.1, -0.05) is 23.7 Å². The summed E-state index contributed by atoms with van der Waals surface area (Å²) >= 11 is 9.19. The van der Waals surface area contributed by atoms with E-state index in [4.69, 9.17) is 11.6 Å². The Morgan fingerprint density at radius 2 is 1.93 bits per heavy atom. The predicted molar refractivity (Wildman–Crippen MR) is 61.5 cm³/mol. The molecule has 4 heteroatoms. The van der Waals surface area contributed by atoms with Crippen LogP contribution in [-0.4, -0.2) is 10.2 Å². The Labute approximate surface area is 95.4 Å². The fraction of sp³-hybridized carbons (Fsp3) is 0.100. The smallest absolute Gasteiger partial charge is 0.104 e. The minimum atomic E-state index is 0.737. The van der Waals surface area contributed by atoms with E-state index < -0.39 is 0 Å². The van der Waals surface area contributed by atoms with Crippen LogP contribution in [0.5, 0.6) is 0 Å². The molecule has 2 nitrogen and oxygen atoms in total. The summed E-state index contributed by atoms with van der Waals surface area (Å²) in [7, 11) is 0. The van der Waals surface area contributed by atoms with Gasteiger partial charge < -0.3 is 0 Å². The summed E-state index contributed by atoms with van der Waals surface area (Å²) in [5, 5.41) is 7.82. The highest BCUT2D eigenvalue weighted by molar-refractivity contribution is 9.10. The molecule has 0 spiro atoms. The number of nitrogens with one attached hydrogen (secondary N) is 1. The molecule has 0 aliphatic heterocycles. The Bertz CT molecular complexity index is 448. The van der Waals surface area contributed by atoms with E-state index in [1.807, 2.05) is 31.2 Å². The highest BCUT2D eigenvalue weighted by Gasteiger charge is 2.08. The Morgan fingerprint density at radius 3 is 2.43 bits per heavy atom. The molecule has 14 heavy (non-hydrogen) atoms. The zero-order valence-electron chi connectivity index (χ0n) is 7.51. The van der Waals surface area contributed by atoms with Gasteiger partial charge in [-0.2, -0.15) is 5.10 Å². The van der Waals surface area contributed by atoms with E-state index in [0.717, 1.165) is 26.4 Å². The zero-order valence-corrected chi connectivity index (χ0v) is 9.85. The van der Waals surface area contributed by atoms with Crippen molar-refractivity contribution in [1.82, 2.24) is 10.2 Å². The van der Waals surface area contributed by atoms with Crippen LogP contribution in [0.1, 0.15) is 5.56 Å². The second-order valence-corrected chi connectivity index (χ2v) is 4.25. The number of hydrogen-bond donors (Lipinski definition) is 1. The van der Waals surface area contributed by atoms with Crippen molar-refractivity contribution in [1.29, 1.82) is 0 Å². The number of nitrogens with zero attached hydrogens (tertiary/aromatic N) is 1. The summed E-state index contributed by atoms with van der Waals surface area (Å²) in [5.41, 5.74) is 3.12. The van der Waals surface area contributed by atoms with Crippen LogP contribution >= 0.6 is 27.5 Å². The fourth-order valence-electron chi connectivity index (χ4n) is 1.27. The van der Waals surface area contributed by atoms with E-state index in [2.05, 4.69) is 26.1 Å². The minimum Gasteiger partial charge on any atom is -0.271 e. The van der Waals surface area contributed by atoms with Crippen molar-refractivity contribution in [2.24, 2.45) is 0 Å². The number of aromatic amines is 1. The van der Waals surface area contributed by atoms with Gasteiger partial charge in [-0.05, 0) is 35.0 Å². The number of halogens is 2. The van der Waals surface area contributed by atoms with Crippen LogP contribution in [0, 0.1) is 6.92 Å². The van der Waals surface area contributed by atoms with Crippen LogP contribution in [-0.2, 0) is 0 Å². The maximum Gasteiger partial charge on any atom is 0.104 e. The van der Waals surface area contributed by atoms with Gasteiger partial charge >= 0.3 is 0 Å². The second-order valence-electron chi connectivity index (χ2n) is 3.02. The van der Waals surface area contributed by atoms with Crippen LogP contribution in [0.3, 0.4) is 0 Å². The molecule has 2 rings (SSSR count). The summed E-state index contributed by atoms with van der Waals surface area (Å²) < 4.78 is 0.919. The molecule has 0 radical (unpaired) electrons. The third kappa shape index (κ3) is 1.70. The third-order valence-corrected chi connectivity index (χ3v) is 3.09. The van der Waals surface area contributed by atoms with Crippen LogP contribution in [0.4, 0.5) is 0 Å². The standard InChI is InChI=1S/C10H8BrClN2/c1-6-9(13-14-10(6)11)7-2-4-8(12)5-3-7/h2-5H,1H3,(H,13,14). The summed E-state index contributed by atoms with van der Waals surface area (Å²) in [6.45, 7) is 2.01. The lowest BCUT2D eigenvalue weighted by molar-refractivity contribution is 1.07. The van der Waals surface area contributed by atoms with Crippen LogP contribution in [0.15, 0.2) is 28.9 Å². The quantitative estimate of drug-likeness (QED) is 0.839. The van der Waals surface area contributed by atoms with Crippen molar-refractivity contribution in [3.05, 3.63) is 39.5 Å². The van der Waals surface area contributed by atoms with Crippen molar-refractivity contribution >= 4 is 27.5 Å². The molecule has 1 heterocycles. The highest BCUT2D eigenvalue weighted by Crippen LogP contribution is 2.26. The SMILES string of the molecule is Cc1c(-c2ccc(Cl)cc2)n[nH]c1Br. The van der Waals surface area contributed by atoms with Crippen LogP contribution in [0.2, 0.25) is 5.02 Å². The van der Waals surface area contributed by atoms with Gasteiger partial charge in [0, 0.05) is 16.1 Å². The largest absolute Gasteiger partial charge is 0.271 e. The summed E-state index contributed by atoms with van der Waals surface area (Å²) in [6, 6.07) is 7.63. The average Bonchev–Trinajstić information content (AvgIpc) is 2.50. The number of aromatic nitrogens is 2. The molecule has 0 unspecified atom stereocenters. The van der Waals surface area contributed by atoms with Gasteiger partial charge in [0.1, 0.15) is 4.60 Å². The molecule has 72 valence electrons. The van der Waals surface area contributed by atoms with Gasteiger partial charge in [-0.25, -0.2) is 0 Å². The molecule has 0 aliphatic carbocycles. The van der Waals surface area contributed by atoms with E-state index in [1.54, 1.807) is 0 Å². The van der Waals surface area contributed by atoms with Gasteiger partial charge in [-0.15, -0.1) is 0 Å². The number of hydrogen-bond acceptors (Lipinski definition) is 1. The molecule has 0 amide bonds. The molecule has 0 atom stereocenters. The first-order valence-corrected chi connectivity index (χ1v) is 5.32. The number of rotatable bonds is 1. The van der Waals surface area contributed by atoms with Crippen molar-refractivity contribution in [2.75, 3.05) is 0 Å². The Hall–Kier alpha value is -0.800. The first kappa shape index (κ1) is 9.74. The summed E-state index contributed by atoms with van der Waals surface area (Å²) in [6.07, 6.45) is 0. The average molecular weight is 272 g/mol. The normalized spacial score (nSPS) is 10.5. The Balaban J connectivity index is 2.49. The first-order valence-electron chi connectivity index (χ1n) is 4.15. The van der Waals surface area contributed by atoms with Gasteiger partial charge in [-0.3, -0.25) is 5.10 Å². The Kier molecular flexibility index (Phi) is 2.61. The van der Waals surface area contributed by atoms with Crippen LogP contribution < -0.4 is 0 Å². The summed E-state index contributed by atoms with van der Waals surface area (Å²) in [4.78, 5) is 0. The van der Waals surface area contributed by atoms with Gasteiger partial charge in [0.2, 0.25) is 0 Å². The lowest BCUT2D eigenvalue weighted by Crippen LogP contribution is -1.80. The lowest BCUT2D eigenvalue weighted by Gasteiger charge is -1.98. The third-order valence-electron chi connectivity index (χ3n) is 2.07. The van der Waals surface area contributed by atoms with Crippen molar-refractivity contribution in [3.8, 4) is 11.3 Å². The molecule has 1 aromatic carbocycles. The molecular weight excluding hydrogens is 263 g/mol. The van der Waals surface area contributed by atoms with Gasteiger partial charge in [0.25, 0.3) is 0 Å². The van der Waals surface area contributed by atoms with Gasteiger partial charge in [0.15, 0.2) is 0 Å². The minimum absolute atomic E-state index is 0.737. The van der Waals surface area contributed by atoms with Crippen molar-refractivity contribution in [3.63, 3.8) is 0 Å². The molecule has 2 aromatic rings. The zero-order chi connectivity index (χ0) is 10.1. The maximum atomic E-state index is 5.81. The molecule has 0 fully saturated rings. The van der Waals surface area contributed by atoms with E-state index in [9.17, 15) is 0 Å². The lowest BCUT2D eigenvalue weighted by atomic mass is 10.1. The first-order chi connectivity index (χ1) is 6.68. The number of H-pyrrole nitrogens is 1. The van der Waals surface area contributed by atoms with E-state index in [-0.39, 0.29) is 0 Å². The molecule has 1 aromatic heterocycles. The highest BCUT2D eigenvalue weighted by atomic mass is 79.9. The maximum absolute atomic E-state index is 5.81. The second kappa shape index (κ2) is 3.75. The molecule has 0 saturated heterocycles. The van der Waals surface area contributed by atoms with Gasteiger partial charge in [0.05, 0.1) is 5.69 Å². The van der Waals surface area contributed by atoms with E-state index >= 15 is 0 Å². The summed E-state index contributed by atoms with van der Waals surface area (Å²) in [5.74, 6) is 0. The monoisotopic (exact) mass is 270 g/mol. The van der Waals surface area contributed by atoms with E-state index in [1.165, 1.54) is 0 Å². The molecule has 1 N–H and O–H groups in total. The van der Waals surface area contributed by atoms with Crippen LogP contribution in [0.25, 0.3) is 11.3 Å². The predicted octanol–water partition coefficient (Wildman–Crippen LogP) is 3.80.